The van der Waals surface area contributed by atoms with Crippen LogP contribution in [0.25, 0.3) is 0 Å². The predicted molar refractivity (Wildman–Crippen MR) is 62.5 cm³/mol. The number of H-pyrrole nitrogens is 2. The monoisotopic (exact) mass is 233 g/mol. The maximum absolute atomic E-state index is 11.8. The molecule has 90 valence electrons. The molecule has 3 N–H and O–H groups in total. The molecular formula is C11H15N5O. The van der Waals surface area contributed by atoms with Gasteiger partial charge in [0.25, 0.3) is 5.91 Å². The second kappa shape index (κ2) is 4.40. The average Bonchev–Trinajstić information content (AvgIpc) is 2.87. The average molecular weight is 233 g/mol. The third-order valence-corrected chi connectivity index (χ3v) is 2.43. The van der Waals surface area contributed by atoms with E-state index in [1.807, 2.05) is 13.8 Å². The summed E-state index contributed by atoms with van der Waals surface area (Å²) in [6, 6.07) is -0.167. The van der Waals surface area contributed by atoms with Crippen LogP contribution in [0.4, 0.5) is 0 Å². The molecule has 17 heavy (non-hydrogen) atoms. The molecular weight excluding hydrogens is 218 g/mol. The van der Waals surface area contributed by atoms with Crippen molar-refractivity contribution in [1.29, 1.82) is 0 Å². The van der Waals surface area contributed by atoms with E-state index < -0.39 is 0 Å². The molecule has 0 fully saturated rings. The van der Waals surface area contributed by atoms with Gasteiger partial charge in [0.2, 0.25) is 0 Å². The third kappa shape index (κ3) is 2.52. The highest BCUT2D eigenvalue weighted by atomic mass is 16.2. The second-order valence-electron chi connectivity index (χ2n) is 4.03. The molecule has 2 aromatic rings. The summed E-state index contributed by atoms with van der Waals surface area (Å²) in [6.07, 6.45) is 3.25. The lowest BCUT2D eigenvalue weighted by Gasteiger charge is -2.10. The fourth-order valence-electron chi connectivity index (χ4n) is 1.53. The van der Waals surface area contributed by atoms with Gasteiger partial charge in [-0.05, 0) is 20.8 Å². The minimum Gasteiger partial charge on any atom is -0.344 e. The largest absolute Gasteiger partial charge is 0.344 e. The molecule has 0 spiro atoms. The first kappa shape index (κ1) is 11.4. The Hall–Kier alpha value is -2.11. The molecule has 6 nitrogen and oxygen atoms in total. The Labute approximate surface area is 98.9 Å². The van der Waals surface area contributed by atoms with E-state index in [4.69, 9.17) is 0 Å². The predicted octanol–water partition coefficient (Wildman–Crippen LogP) is 1.24. The van der Waals surface area contributed by atoms with Crippen LogP contribution in [0, 0.1) is 13.8 Å². The molecule has 0 aliphatic carbocycles. The first-order chi connectivity index (χ1) is 8.06. The highest BCUT2D eigenvalue weighted by molar-refractivity contribution is 5.92. The number of aromatic nitrogens is 4. The molecule has 0 aliphatic rings. The minimum atomic E-state index is -0.188. The van der Waals surface area contributed by atoms with Gasteiger partial charge in [-0.15, -0.1) is 0 Å². The van der Waals surface area contributed by atoms with Crippen LogP contribution in [0.15, 0.2) is 12.4 Å². The summed E-state index contributed by atoms with van der Waals surface area (Å²) < 4.78 is 0. The topological polar surface area (TPSA) is 86.5 Å². The summed E-state index contributed by atoms with van der Waals surface area (Å²) in [4.78, 5) is 25.9. The van der Waals surface area contributed by atoms with Crippen LogP contribution < -0.4 is 5.32 Å². The molecule has 0 saturated heterocycles. The van der Waals surface area contributed by atoms with Crippen molar-refractivity contribution in [2.75, 3.05) is 0 Å². The van der Waals surface area contributed by atoms with Gasteiger partial charge in [0.1, 0.15) is 17.3 Å². The molecule has 0 aliphatic heterocycles. The number of nitrogens with one attached hydrogen (secondary N) is 3. The zero-order valence-corrected chi connectivity index (χ0v) is 10.0. The smallest absolute Gasteiger partial charge is 0.269 e. The minimum absolute atomic E-state index is 0.167. The summed E-state index contributed by atoms with van der Waals surface area (Å²) in [5.41, 5.74) is 1.43. The Bertz CT molecular complexity index is 527. The van der Waals surface area contributed by atoms with E-state index in [0.717, 1.165) is 17.3 Å². The number of hydrogen-bond acceptors (Lipinski definition) is 3. The molecule has 0 radical (unpaired) electrons. The maximum Gasteiger partial charge on any atom is 0.269 e. The lowest BCUT2D eigenvalue weighted by atomic mass is 10.3. The highest BCUT2D eigenvalue weighted by Gasteiger charge is 2.14. The van der Waals surface area contributed by atoms with E-state index in [1.165, 1.54) is 6.20 Å². The van der Waals surface area contributed by atoms with Gasteiger partial charge in [-0.3, -0.25) is 4.79 Å². The number of aromatic amines is 2. The summed E-state index contributed by atoms with van der Waals surface area (Å²) in [6.45, 7) is 5.60. The number of carbonyl (C=O) groups excluding carboxylic acids is 1. The zero-order chi connectivity index (χ0) is 12.4. The van der Waals surface area contributed by atoms with Crippen molar-refractivity contribution >= 4 is 5.91 Å². The van der Waals surface area contributed by atoms with Gasteiger partial charge < -0.3 is 15.3 Å². The second-order valence-corrected chi connectivity index (χ2v) is 4.03. The number of rotatable bonds is 3. The fraction of sp³-hybridized carbons (Fsp3) is 0.364. The quantitative estimate of drug-likeness (QED) is 0.745. The van der Waals surface area contributed by atoms with E-state index in [-0.39, 0.29) is 11.9 Å². The number of imidazole rings is 2. The first-order valence-corrected chi connectivity index (χ1v) is 5.40. The Kier molecular flexibility index (Phi) is 2.95. The Morgan fingerprint density at radius 3 is 2.59 bits per heavy atom. The van der Waals surface area contributed by atoms with Crippen LogP contribution in [0.2, 0.25) is 0 Å². The molecule has 0 bridgehead atoms. The van der Waals surface area contributed by atoms with Gasteiger partial charge in [-0.25, -0.2) is 9.97 Å². The Morgan fingerprint density at radius 1 is 1.29 bits per heavy atom. The Balaban J connectivity index is 2.04. The van der Waals surface area contributed by atoms with E-state index >= 15 is 0 Å². The van der Waals surface area contributed by atoms with Crippen molar-refractivity contribution in [3.8, 4) is 0 Å². The van der Waals surface area contributed by atoms with Crippen LogP contribution in [-0.4, -0.2) is 25.8 Å². The van der Waals surface area contributed by atoms with Crippen LogP contribution in [0.3, 0.4) is 0 Å². The Morgan fingerprint density at radius 2 is 2.06 bits per heavy atom. The van der Waals surface area contributed by atoms with Crippen molar-refractivity contribution in [1.82, 2.24) is 25.3 Å². The molecule has 1 unspecified atom stereocenters. The van der Waals surface area contributed by atoms with E-state index in [9.17, 15) is 4.79 Å². The van der Waals surface area contributed by atoms with Crippen molar-refractivity contribution in [3.63, 3.8) is 0 Å². The van der Waals surface area contributed by atoms with E-state index in [1.54, 1.807) is 13.1 Å². The van der Waals surface area contributed by atoms with Gasteiger partial charge >= 0.3 is 0 Å². The lowest BCUT2D eigenvalue weighted by molar-refractivity contribution is 0.0933. The summed E-state index contributed by atoms with van der Waals surface area (Å²) in [5, 5.41) is 2.84. The molecule has 2 aromatic heterocycles. The van der Waals surface area contributed by atoms with Crippen LogP contribution in [0.5, 0.6) is 0 Å². The van der Waals surface area contributed by atoms with Crippen LogP contribution in [0.1, 0.15) is 40.8 Å². The SMILES string of the molecule is Cc1cnc(C(C)NC(=O)c2cnc(C)[nH]2)[nH]1. The number of hydrogen-bond donors (Lipinski definition) is 3. The highest BCUT2D eigenvalue weighted by Crippen LogP contribution is 2.08. The molecule has 1 atom stereocenters. The van der Waals surface area contributed by atoms with Crippen molar-refractivity contribution in [3.05, 3.63) is 35.4 Å². The van der Waals surface area contributed by atoms with Crippen molar-refractivity contribution in [2.24, 2.45) is 0 Å². The standard InChI is InChI=1S/C11H15N5O/c1-6-4-13-10(14-6)7(2)15-11(17)9-5-12-8(3)16-9/h4-5,7H,1-3H3,(H,12,16)(H,13,14)(H,15,17). The lowest BCUT2D eigenvalue weighted by Crippen LogP contribution is -2.27. The fourth-order valence-corrected chi connectivity index (χ4v) is 1.53. The number of nitrogens with zero attached hydrogens (tertiary/aromatic N) is 2. The number of amides is 1. The summed E-state index contributed by atoms with van der Waals surface area (Å²) in [5.74, 6) is 1.27. The third-order valence-electron chi connectivity index (χ3n) is 2.43. The normalized spacial score (nSPS) is 12.4. The van der Waals surface area contributed by atoms with Gasteiger partial charge in [-0.2, -0.15) is 0 Å². The van der Waals surface area contributed by atoms with E-state index in [0.29, 0.717) is 5.69 Å². The maximum atomic E-state index is 11.8. The molecule has 0 saturated carbocycles. The molecule has 2 heterocycles. The van der Waals surface area contributed by atoms with Crippen LogP contribution >= 0.6 is 0 Å². The van der Waals surface area contributed by atoms with Gasteiger partial charge in [0.05, 0.1) is 12.2 Å². The number of aryl methyl sites for hydroxylation is 2. The zero-order valence-electron chi connectivity index (χ0n) is 10.0. The van der Waals surface area contributed by atoms with Gasteiger partial charge in [0.15, 0.2) is 0 Å². The first-order valence-electron chi connectivity index (χ1n) is 5.40. The molecule has 2 rings (SSSR count). The van der Waals surface area contributed by atoms with E-state index in [2.05, 4.69) is 25.3 Å². The van der Waals surface area contributed by atoms with Gasteiger partial charge in [0, 0.05) is 11.9 Å². The molecule has 1 amide bonds. The van der Waals surface area contributed by atoms with Gasteiger partial charge in [-0.1, -0.05) is 0 Å². The molecule has 0 aromatic carbocycles. The molecule has 6 heteroatoms. The van der Waals surface area contributed by atoms with Crippen molar-refractivity contribution in [2.45, 2.75) is 26.8 Å². The summed E-state index contributed by atoms with van der Waals surface area (Å²) in [7, 11) is 0. The number of carbonyl (C=O) groups is 1. The van der Waals surface area contributed by atoms with Crippen molar-refractivity contribution < 1.29 is 4.79 Å². The summed E-state index contributed by atoms with van der Waals surface area (Å²) >= 11 is 0. The van der Waals surface area contributed by atoms with Crippen LogP contribution in [-0.2, 0) is 0 Å².